The molecule has 2 N–H and O–H groups in total. The van der Waals surface area contributed by atoms with Gasteiger partial charge in [0.2, 0.25) is 10.0 Å². The van der Waals surface area contributed by atoms with Gasteiger partial charge < -0.3 is 15.4 Å². The highest BCUT2D eigenvalue weighted by molar-refractivity contribution is 7.89. The predicted molar refractivity (Wildman–Crippen MR) is 103 cm³/mol. The number of nitro benzene ring substituents is 1. The Morgan fingerprint density at radius 2 is 1.93 bits per heavy atom. The zero-order valence-corrected chi connectivity index (χ0v) is 16.3. The van der Waals surface area contributed by atoms with Gasteiger partial charge in [-0.15, -0.1) is 0 Å². The van der Waals surface area contributed by atoms with E-state index in [1.54, 1.807) is 17.0 Å². The number of amides is 1. The number of methoxy groups -OCH3 is 1. The molecule has 0 saturated carbocycles. The summed E-state index contributed by atoms with van der Waals surface area (Å²) in [6.07, 6.45) is 1.53. The van der Waals surface area contributed by atoms with Crippen molar-refractivity contribution < 1.29 is 22.9 Å². The van der Waals surface area contributed by atoms with Crippen LogP contribution in [-0.2, 0) is 10.0 Å². The number of hydrogen-bond acceptors (Lipinski definition) is 8. The van der Waals surface area contributed by atoms with Crippen molar-refractivity contribution in [1.82, 2.24) is 9.29 Å². The molecule has 1 saturated heterocycles. The molecular formula is C17H19N5O6S. The molecule has 2 heterocycles. The zero-order chi connectivity index (χ0) is 21.2. The van der Waals surface area contributed by atoms with Gasteiger partial charge in [0.1, 0.15) is 5.82 Å². The van der Waals surface area contributed by atoms with Gasteiger partial charge in [-0.05, 0) is 24.3 Å². The van der Waals surface area contributed by atoms with Crippen LogP contribution >= 0.6 is 0 Å². The molecule has 0 radical (unpaired) electrons. The summed E-state index contributed by atoms with van der Waals surface area (Å²) in [7, 11) is -2.67. The van der Waals surface area contributed by atoms with Crippen LogP contribution in [0.4, 0.5) is 11.5 Å². The molecule has 0 unspecified atom stereocenters. The van der Waals surface area contributed by atoms with Crippen LogP contribution in [0.1, 0.15) is 10.4 Å². The van der Waals surface area contributed by atoms with Gasteiger partial charge in [0.15, 0.2) is 5.75 Å². The van der Waals surface area contributed by atoms with Crippen molar-refractivity contribution in [3.05, 3.63) is 52.2 Å². The SMILES string of the molecule is COc1ccc(S(=O)(=O)N2CCN(c3ncccc3C(N)=O)CC2)cc1[N+](=O)[O-]. The van der Waals surface area contributed by atoms with E-state index in [-0.39, 0.29) is 42.4 Å². The van der Waals surface area contributed by atoms with Crippen molar-refractivity contribution in [3.8, 4) is 5.75 Å². The predicted octanol–water partition coefficient (Wildman–Crippen LogP) is 0.608. The molecule has 0 atom stereocenters. The number of nitro groups is 1. The topological polar surface area (TPSA) is 149 Å². The summed E-state index contributed by atoms with van der Waals surface area (Å²) in [4.78, 5) is 27.9. The van der Waals surface area contributed by atoms with Crippen molar-refractivity contribution in [1.29, 1.82) is 0 Å². The number of aromatic nitrogens is 1. The Labute approximate surface area is 166 Å². The molecule has 0 bridgehead atoms. The molecular weight excluding hydrogens is 402 g/mol. The molecule has 3 rings (SSSR count). The van der Waals surface area contributed by atoms with E-state index < -0.39 is 26.5 Å². The monoisotopic (exact) mass is 421 g/mol. The van der Waals surface area contributed by atoms with Gasteiger partial charge in [0.25, 0.3) is 5.91 Å². The molecule has 12 heteroatoms. The van der Waals surface area contributed by atoms with Crippen LogP contribution in [0.25, 0.3) is 0 Å². The summed E-state index contributed by atoms with van der Waals surface area (Å²) in [6.45, 7) is 0.817. The first kappa shape index (κ1) is 20.5. The number of nitrogens with zero attached hydrogens (tertiary/aromatic N) is 4. The number of benzene rings is 1. The second kappa shape index (κ2) is 8.01. The number of pyridine rings is 1. The molecule has 29 heavy (non-hydrogen) atoms. The van der Waals surface area contributed by atoms with E-state index in [9.17, 15) is 23.3 Å². The Balaban J connectivity index is 1.81. The number of carbonyl (C=O) groups excluding carboxylic acids is 1. The minimum atomic E-state index is -3.94. The second-order valence-corrected chi connectivity index (χ2v) is 8.16. The highest BCUT2D eigenvalue weighted by Gasteiger charge is 2.31. The average molecular weight is 421 g/mol. The lowest BCUT2D eigenvalue weighted by atomic mass is 10.2. The smallest absolute Gasteiger partial charge is 0.312 e. The van der Waals surface area contributed by atoms with Crippen LogP contribution in [0.3, 0.4) is 0 Å². The summed E-state index contributed by atoms with van der Waals surface area (Å²) in [5, 5.41) is 11.2. The number of carbonyl (C=O) groups is 1. The molecule has 0 spiro atoms. The van der Waals surface area contributed by atoms with Crippen LogP contribution in [0.2, 0.25) is 0 Å². The second-order valence-electron chi connectivity index (χ2n) is 6.22. The molecule has 1 aliphatic rings. The van der Waals surface area contributed by atoms with Crippen molar-refractivity contribution in [2.75, 3.05) is 38.2 Å². The fourth-order valence-electron chi connectivity index (χ4n) is 3.10. The minimum absolute atomic E-state index is 0.0205. The van der Waals surface area contributed by atoms with Crippen molar-refractivity contribution >= 4 is 27.4 Å². The number of hydrogen-bond donors (Lipinski definition) is 1. The molecule has 1 aromatic carbocycles. The van der Waals surface area contributed by atoms with E-state index in [4.69, 9.17) is 10.5 Å². The van der Waals surface area contributed by atoms with E-state index in [1.807, 2.05) is 0 Å². The van der Waals surface area contributed by atoms with Crippen molar-refractivity contribution in [2.45, 2.75) is 4.90 Å². The van der Waals surface area contributed by atoms with Crippen LogP contribution in [-0.4, -0.2) is 61.8 Å². The van der Waals surface area contributed by atoms with Gasteiger partial charge in [-0.1, -0.05) is 0 Å². The quantitative estimate of drug-likeness (QED) is 0.527. The summed E-state index contributed by atoms with van der Waals surface area (Å²) >= 11 is 0. The maximum Gasteiger partial charge on any atom is 0.312 e. The molecule has 1 aromatic heterocycles. The third-order valence-corrected chi connectivity index (χ3v) is 6.47. The van der Waals surface area contributed by atoms with Gasteiger partial charge in [-0.3, -0.25) is 14.9 Å². The van der Waals surface area contributed by atoms with Gasteiger partial charge >= 0.3 is 5.69 Å². The Morgan fingerprint density at radius 3 is 2.52 bits per heavy atom. The number of primary amides is 1. The van der Waals surface area contributed by atoms with E-state index >= 15 is 0 Å². The number of ether oxygens (including phenoxy) is 1. The van der Waals surface area contributed by atoms with E-state index in [0.29, 0.717) is 5.82 Å². The number of piperazine rings is 1. The Hall–Kier alpha value is -3.25. The molecule has 1 fully saturated rings. The largest absolute Gasteiger partial charge is 0.490 e. The fraction of sp³-hybridized carbons (Fsp3) is 0.294. The van der Waals surface area contributed by atoms with Crippen LogP contribution in [0.5, 0.6) is 5.75 Å². The van der Waals surface area contributed by atoms with Gasteiger partial charge in [0.05, 0.1) is 22.5 Å². The highest BCUT2D eigenvalue weighted by Crippen LogP contribution is 2.31. The normalized spacial score (nSPS) is 15.1. The molecule has 11 nitrogen and oxygen atoms in total. The summed E-state index contributed by atoms with van der Waals surface area (Å²) in [5.41, 5.74) is 5.21. The van der Waals surface area contributed by atoms with Gasteiger partial charge in [-0.2, -0.15) is 4.31 Å². The average Bonchev–Trinajstić information content (AvgIpc) is 2.73. The summed E-state index contributed by atoms with van der Waals surface area (Å²) in [6, 6.07) is 6.68. The van der Waals surface area contributed by atoms with E-state index in [0.717, 1.165) is 6.07 Å². The molecule has 1 amide bonds. The Kier molecular flexibility index (Phi) is 5.66. The number of anilines is 1. The van der Waals surface area contributed by atoms with Gasteiger partial charge in [0, 0.05) is 38.4 Å². The first-order valence-corrected chi connectivity index (χ1v) is 10.0. The lowest BCUT2D eigenvalue weighted by molar-refractivity contribution is -0.386. The Morgan fingerprint density at radius 1 is 1.24 bits per heavy atom. The first-order valence-electron chi connectivity index (χ1n) is 8.58. The number of nitrogens with two attached hydrogens (primary N) is 1. The summed E-state index contributed by atoms with van der Waals surface area (Å²) in [5.74, 6) is -0.237. The van der Waals surface area contributed by atoms with E-state index in [1.165, 1.54) is 29.7 Å². The van der Waals surface area contributed by atoms with Crippen molar-refractivity contribution in [2.24, 2.45) is 5.73 Å². The molecule has 0 aliphatic carbocycles. The lowest BCUT2D eigenvalue weighted by Gasteiger charge is -2.35. The van der Waals surface area contributed by atoms with Crippen LogP contribution in [0, 0.1) is 10.1 Å². The maximum absolute atomic E-state index is 12.9. The number of sulfonamides is 1. The first-order chi connectivity index (χ1) is 13.8. The minimum Gasteiger partial charge on any atom is -0.490 e. The lowest BCUT2D eigenvalue weighted by Crippen LogP contribution is -2.49. The van der Waals surface area contributed by atoms with Crippen LogP contribution < -0.4 is 15.4 Å². The van der Waals surface area contributed by atoms with E-state index in [2.05, 4.69) is 4.98 Å². The highest BCUT2D eigenvalue weighted by atomic mass is 32.2. The van der Waals surface area contributed by atoms with Crippen LogP contribution in [0.15, 0.2) is 41.4 Å². The third-order valence-electron chi connectivity index (χ3n) is 4.58. The zero-order valence-electron chi connectivity index (χ0n) is 15.5. The molecule has 1 aliphatic heterocycles. The van der Waals surface area contributed by atoms with Gasteiger partial charge in [-0.25, -0.2) is 13.4 Å². The fourth-order valence-corrected chi connectivity index (χ4v) is 4.55. The third kappa shape index (κ3) is 3.98. The summed E-state index contributed by atoms with van der Waals surface area (Å²) < 4.78 is 32.0. The molecule has 2 aromatic rings. The standard InChI is InChI=1S/C17H19N5O6S/c1-28-15-5-4-12(11-14(15)22(24)25)29(26,27)21-9-7-20(8-10-21)17-13(16(18)23)3-2-6-19-17/h2-6,11H,7-10H2,1H3,(H2,18,23). The molecule has 154 valence electrons. The Bertz CT molecular complexity index is 1050. The number of rotatable bonds is 6. The maximum atomic E-state index is 12.9. The van der Waals surface area contributed by atoms with Crippen molar-refractivity contribution in [3.63, 3.8) is 0 Å².